The van der Waals surface area contributed by atoms with Crippen LogP contribution >= 0.6 is 0 Å². The lowest BCUT2D eigenvalue weighted by atomic mass is 10.2. The lowest BCUT2D eigenvalue weighted by Crippen LogP contribution is -2.30. The van der Waals surface area contributed by atoms with Gasteiger partial charge in [-0.2, -0.15) is 14.1 Å². The first-order valence-electron chi connectivity index (χ1n) is 11.9. The molecule has 4 rings (SSSR count). The Bertz CT molecular complexity index is 1540. The van der Waals surface area contributed by atoms with E-state index in [9.17, 15) is 18.0 Å². The summed E-state index contributed by atoms with van der Waals surface area (Å²) in [6.07, 6.45) is 2.91. The highest BCUT2D eigenvalue weighted by molar-refractivity contribution is 7.89. The zero-order valence-electron chi connectivity index (χ0n) is 20.8. The normalized spacial score (nSPS) is 11.7. The molecular formula is C25H28N6O5S. The number of carbonyl (C=O) groups is 1. The van der Waals surface area contributed by atoms with Crippen LogP contribution in [0.3, 0.4) is 0 Å². The monoisotopic (exact) mass is 524 g/mol. The SMILES string of the molecule is CCCc1cc(=O)[nH]c(-n2nc(-c3ccco3)cc2NC(=O)c2ccc(S(=O)(=O)N(CC)CC)cc2)n1. The molecule has 3 aromatic heterocycles. The van der Waals surface area contributed by atoms with Crippen LogP contribution in [0, 0.1) is 0 Å². The maximum absolute atomic E-state index is 13.1. The summed E-state index contributed by atoms with van der Waals surface area (Å²) >= 11 is 0. The maximum atomic E-state index is 13.1. The molecule has 0 unspecified atom stereocenters. The molecule has 0 radical (unpaired) electrons. The van der Waals surface area contributed by atoms with Crippen molar-refractivity contribution in [1.82, 2.24) is 24.1 Å². The van der Waals surface area contributed by atoms with E-state index in [1.807, 2.05) is 6.92 Å². The molecule has 1 amide bonds. The number of hydrogen-bond donors (Lipinski definition) is 2. The van der Waals surface area contributed by atoms with Crippen LogP contribution in [0.1, 0.15) is 43.2 Å². The van der Waals surface area contributed by atoms with Crippen LogP contribution in [-0.2, 0) is 16.4 Å². The van der Waals surface area contributed by atoms with Crippen LogP contribution in [0.15, 0.2) is 68.9 Å². The van der Waals surface area contributed by atoms with Crippen molar-refractivity contribution in [2.75, 3.05) is 18.4 Å². The van der Waals surface area contributed by atoms with Gasteiger partial charge in [0, 0.05) is 36.5 Å². The number of anilines is 1. The Hall–Kier alpha value is -4.03. The molecule has 12 heteroatoms. The van der Waals surface area contributed by atoms with E-state index in [2.05, 4.69) is 20.4 Å². The summed E-state index contributed by atoms with van der Waals surface area (Å²) in [5.74, 6) is 0.357. The Morgan fingerprint density at radius 3 is 2.46 bits per heavy atom. The van der Waals surface area contributed by atoms with Gasteiger partial charge in [-0.1, -0.05) is 27.2 Å². The van der Waals surface area contributed by atoms with E-state index in [4.69, 9.17) is 4.42 Å². The van der Waals surface area contributed by atoms with E-state index < -0.39 is 15.9 Å². The molecular weight excluding hydrogens is 496 g/mol. The average molecular weight is 525 g/mol. The first-order chi connectivity index (χ1) is 17.8. The number of sulfonamides is 1. The van der Waals surface area contributed by atoms with Gasteiger partial charge in [-0.15, -0.1) is 0 Å². The maximum Gasteiger partial charge on any atom is 0.256 e. The van der Waals surface area contributed by atoms with Gasteiger partial charge in [0.2, 0.25) is 16.0 Å². The number of aromatic nitrogens is 4. The number of carbonyl (C=O) groups excluding carboxylic acids is 1. The summed E-state index contributed by atoms with van der Waals surface area (Å²) in [5, 5.41) is 7.27. The minimum atomic E-state index is -3.64. The van der Waals surface area contributed by atoms with Crippen LogP contribution in [0.25, 0.3) is 17.4 Å². The quantitative estimate of drug-likeness (QED) is 0.323. The summed E-state index contributed by atoms with van der Waals surface area (Å²) in [4.78, 5) is 32.6. The number of rotatable bonds is 10. The van der Waals surface area contributed by atoms with Crippen molar-refractivity contribution in [2.45, 2.75) is 38.5 Å². The average Bonchev–Trinajstić information content (AvgIpc) is 3.55. The number of nitrogens with one attached hydrogen (secondary N) is 2. The zero-order chi connectivity index (χ0) is 26.6. The molecule has 0 spiro atoms. The molecule has 0 aliphatic carbocycles. The fourth-order valence-corrected chi connectivity index (χ4v) is 5.29. The molecule has 0 saturated carbocycles. The molecule has 37 heavy (non-hydrogen) atoms. The number of amides is 1. The number of aryl methyl sites for hydroxylation is 1. The van der Waals surface area contributed by atoms with Crippen molar-refractivity contribution in [2.24, 2.45) is 0 Å². The van der Waals surface area contributed by atoms with Gasteiger partial charge < -0.3 is 9.73 Å². The van der Waals surface area contributed by atoms with Crippen LogP contribution in [0.2, 0.25) is 0 Å². The molecule has 0 aliphatic rings. The molecule has 0 saturated heterocycles. The molecule has 0 fully saturated rings. The molecule has 4 aromatic rings. The van der Waals surface area contributed by atoms with Crippen LogP contribution in [0.4, 0.5) is 5.82 Å². The number of aromatic amines is 1. The minimum absolute atomic E-state index is 0.104. The molecule has 194 valence electrons. The number of hydrogen-bond acceptors (Lipinski definition) is 7. The lowest BCUT2D eigenvalue weighted by Gasteiger charge is -2.18. The third-order valence-corrected chi connectivity index (χ3v) is 7.74. The highest BCUT2D eigenvalue weighted by Crippen LogP contribution is 2.25. The van der Waals surface area contributed by atoms with Crippen molar-refractivity contribution in [3.8, 4) is 17.4 Å². The second-order valence-electron chi connectivity index (χ2n) is 8.18. The predicted molar refractivity (Wildman–Crippen MR) is 138 cm³/mol. The fourth-order valence-electron chi connectivity index (χ4n) is 3.83. The Kier molecular flexibility index (Phi) is 7.69. The van der Waals surface area contributed by atoms with Crippen LogP contribution in [0.5, 0.6) is 0 Å². The number of nitrogens with zero attached hydrogens (tertiary/aromatic N) is 4. The fraction of sp³-hybridized carbons (Fsp3) is 0.280. The second-order valence-corrected chi connectivity index (χ2v) is 10.1. The Balaban J connectivity index is 1.68. The summed E-state index contributed by atoms with van der Waals surface area (Å²) in [6, 6.07) is 12.2. The van der Waals surface area contributed by atoms with Crippen LogP contribution < -0.4 is 10.9 Å². The first-order valence-corrected chi connectivity index (χ1v) is 13.4. The van der Waals surface area contributed by atoms with E-state index >= 15 is 0 Å². The molecule has 0 bridgehead atoms. The van der Waals surface area contributed by atoms with E-state index in [1.165, 1.54) is 45.6 Å². The van der Waals surface area contributed by atoms with Gasteiger partial charge >= 0.3 is 0 Å². The summed E-state index contributed by atoms with van der Waals surface area (Å²) in [6.45, 7) is 6.21. The third-order valence-electron chi connectivity index (χ3n) is 5.67. The second kappa shape index (κ2) is 10.9. The predicted octanol–water partition coefficient (Wildman–Crippen LogP) is 3.45. The van der Waals surface area contributed by atoms with Gasteiger partial charge in [-0.05, 0) is 42.8 Å². The number of benzene rings is 1. The standard InChI is InChI=1S/C25H28N6O5S/c1-4-8-18-15-23(32)28-25(26-18)31-22(16-20(29-31)21-9-7-14-36-21)27-24(33)17-10-12-19(13-11-17)37(34,35)30(5-2)6-3/h7,9-16H,4-6,8H2,1-3H3,(H,27,33)(H,26,28,32). The molecule has 11 nitrogen and oxygen atoms in total. The van der Waals surface area contributed by atoms with Gasteiger partial charge in [0.05, 0.1) is 11.2 Å². The van der Waals surface area contributed by atoms with E-state index in [0.29, 0.717) is 36.7 Å². The molecule has 0 atom stereocenters. The van der Waals surface area contributed by atoms with Gasteiger partial charge in [0.25, 0.3) is 11.5 Å². The van der Waals surface area contributed by atoms with Crippen molar-refractivity contribution in [3.63, 3.8) is 0 Å². The zero-order valence-corrected chi connectivity index (χ0v) is 21.6. The molecule has 1 aromatic carbocycles. The number of furan rings is 1. The van der Waals surface area contributed by atoms with Crippen molar-refractivity contribution in [1.29, 1.82) is 0 Å². The van der Waals surface area contributed by atoms with Gasteiger partial charge in [0.1, 0.15) is 11.5 Å². The third kappa shape index (κ3) is 5.54. The van der Waals surface area contributed by atoms with E-state index in [0.717, 1.165) is 6.42 Å². The minimum Gasteiger partial charge on any atom is -0.463 e. The summed E-state index contributed by atoms with van der Waals surface area (Å²) in [5.41, 5.74) is 0.917. The van der Waals surface area contributed by atoms with E-state index in [1.54, 1.807) is 32.0 Å². The van der Waals surface area contributed by atoms with Gasteiger partial charge in [0.15, 0.2) is 5.76 Å². The van der Waals surface area contributed by atoms with Gasteiger partial charge in [-0.3, -0.25) is 14.6 Å². The smallest absolute Gasteiger partial charge is 0.256 e. The highest BCUT2D eigenvalue weighted by atomic mass is 32.2. The first kappa shape index (κ1) is 26.0. The lowest BCUT2D eigenvalue weighted by molar-refractivity contribution is 0.102. The molecule has 3 heterocycles. The van der Waals surface area contributed by atoms with Gasteiger partial charge in [-0.25, -0.2) is 13.4 Å². The van der Waals surface area contributed by atoms with Crippen molar-refractivity contribution in [3.05, 3.63) is 76.4 Å². The Labute approximate surface area is 214 Å². The summed E-state index contributed by atoms with van der Waals surface area (Å²) in [7, 11) is -3.64. The Morgan fingerprint density at radius 1 is 1.11 bits per heavy atom. The van der Waals surface area contributed by atoms with Crippen molar-refractivity contribution >= 4 is 21.7 Å². The molecule has 2 N–H and O–H groups in total. The highest BCUT2D eigenvalue weighted by Gasteiger charge is 2.22. The Morgan fingerprint density at radius 2 is 1.84 bits per heavy atom. The van der Waals surface area contributed by atoms with Crippen LogP contribution in [-0.4, -0.2) is 51.5 Å². The number of H-pyrrole nitrogens is 1. The van der Waals surface area contributed by atoms with Crippen molar-refractivity contribution < 1.29 is 17.6 Å². The molecule has 0 aliphatic heterocycles. The largest absolute Gasteiger partial charge is 0.463 e. The topological polar surface area (TPSA) is 143 Å². The van der Waals surface area contributed by atoms with E-state index in [-0.39, 0.29) is 27.8 Å². The summed E-state index contributed by atoms with van der Waals surface area (Å²) < 4.78 is 33.6.